The van der Waals surface area contributed by atoms with Crippen LogP contribution in [0.1, 0.15) is 34.8 Å². The second kappa shape index (κ2) is 7.86. The van der Waals surface area contributed by atoms with Gasteiger partial charge < -0.3 is 15.4 Å². The van der Waals surface area contributed by atoms with Gasteiger partial charge in [-0.05, 0) is 44.8 Å². The smallest absolute Gasteiger partial charge is 0.342 e. The van der Waals surface area contributed by atoms with Gasteiger partial charge in [0.25, 0.3) is 5.91 Å². The first-order valence-electron chi connectivity index (χ1n) is 9.18. The van der Waals surface area contributed by atoms with Gasteiger partial charge in [-0.3, -0.25) is 4.79 Å². The summed E-state index contributed by atoms with van der Waals surface area (Å²) in [4.78, 5) is 27.7. The normalized spacial score (nSPS) is 11.2. The molecule has 1 amide bonds. The van der Waals surface area contributed by atoms with Crippen LogP contribution in [0.3, 0.4) is 0 Å². The van der Waals surface area contributed by atoms with E-state index in [1.54, 1.807) is 16.3 Å². The zero-order valence-electron chi connectivity index (χ0n) is 17.1. The fourth-order valence-corrected chi connectivity index (χ4v) is 3.37. The molecule has 154 valence electrons. The van der Waals surface area contributed by atoms with Crippen LogP contribution >= 0.6 is 0 Å². The fraction of sp³-hybridized carbons (Fsp3) is 0.444. The SMILES string of the molecule is Cc1cc(C)n(C(C(=O)NCCn2c([N+](=O)[O-])cnc2C)n2nc(C)cc2C)n1. The minimum absolute atomic E-state index is 0.106. The maximum absolute atomic E-state index is 13.1. The van der Waals surface area contributed by atoms with E-state index in [1.807, 2.05) is 39.8 Å². The molecule has 0 bridgehead atoms. The summed E-state index contributed by atoms with van der Waals surface area (Å²) in [5.74, 6) is 0.104. The van der Waals surface area contributed by atoms with E-state index in [4.69, 9.17) is 0 Å². The Balaban J connectivity index is 1.83. The third-order valence-electron chi connectivity index (χ3n) is 4.64. The van der Waals surface area contributed by atoms with Crippen LogP contribution in [0.2, 0.25) is 0 Å². The lowest BCUT2D eigenvalue weighted by Crippen LogP contribution is -2.40. The Hall–Kier alpha value is -3.50. The van der Waals surface area contributed by atoms with Gasteiger partial charge in [0.1, 0.15) is 12.7 Å². The molecule has 0 unspecified atom stereocenters. The molecule has 0 aliphatic heterocycles. The number of imidazole rings is 1. The van der Waals surface area contributed by atoms with Crippen molar-refractivity contribution in [2.75, 3.05) is 6.54 Å². The molecule has 0 radical (unpaired) electrons. The van der Waals surface area contributed by atoms with Crippen LogP contribution < -0.4 is 5.32 Å². The highest BCUT2D eigenvalue weighted by Crippen LogP contribution is 2.17. The number of nitrogens with one attached hydrogen (secondary N) is 1. The molecule has 0 fully saturated rings. The number of carbonyl (C=O) groups excluding carboxylic acids is 1. The predicted octanol–water partition coefficient (Wildman–Crippen LogP) is 1.59. The Labute approximate surface area is 167 Å². The van der Waals surface area contributed by atoms with Crippen molar-refractivity contribution in [3.63, 3.8) is 0 Å². The molecular formula is C18H24N8O3. The number of carbonyl (C=O) groups is 1. The molecule has 1 N–H and O–H groups in total. The minimum Gasteiger partial charge on any atom is -0.358 e. The van der Waals surface area contributed by atoms with Gasteiger partial charge in [-0.15, -0.1) is 0 Å². The van der Waals surface area contributed by atoms with Gasteiger partial charge >= 0.3 is 5.82 Å². The van der Waals surface area contributed by atoms with Crippen LogP contribution in [0, 0.1) is 44.7 Å². The third-order valence-corrected chi connectivity index (χ3v) is 4.64. The highest BCUT2D eigenvalue weighted by molar-refractivity contribution is 5.80. The summed E-state index contributed by atoms with van der Waals surface area (Å²) in [6.45, 7) is 9.60. The topological polar surface area (TPSA) is 126 Å². The van der Waals surface area contributed by atoms with Gasteiger partial charge in [0.15, 0.2) is 5.82 Å². The van der Waals surface area contributed by atoms with Crippen LogP contribution in [0.25, 0.3) is 0 Å². The Morgan fingerprint density at radius 3 is 2.10 bits per heavy atom. The van der Waals surface area contributed by atoms with E-state index in [9.17, 15) is 14.9 Å². The monoisotopic (exact) mass is 400 g/mol. The lowest BCUT2D eigenvalue weighted by molar-refractivity contribution is -0.392. The van der Waals surface area contributed by atoms with Crippen LogP contribution in [0.15, 0.2) is 18.3 Å². The molecule has 11 nitrogen and oxygen atoms in total. The fourth-order valence-electron chi connectivity index (χ4n) is 3.37. The zero-order valence-corrected chi connectivity index (χ0v) is 17.1. The number of hydrogen-bond acceptors (Lipinski definition) is 6. The first-order chi connectivity index (χ1) is 13.7. The maximum atomic E-state index is 13.1. The lowest BCUT2D eigenvalue weighted by atomic mass is 10.3. The summed E-state index contributed by atoms with van der Waals surface area (Å²) in [6, 6.07) is 3.79. The van der Waals surface area contributed by atoms with Crippen LogP contribution in [-0.4, -0.2) is 46.5 Å². The maximum Gasteiger partial charge on any atom is 0.342 e. The molecule has 0 aliphatic carbocycles. The van der Waals surface area contributed by atoms with Crippen molar-refractivity contribution < 1.29 is 9.72 Å². The molecule has 0 aromatic carbocycles. The Bertz CT molecular complexity index is 1020. The van der Waals surface area contributed by atoms with E-state index in [2.05, 4.69) is 20.5 Å². The van der Waals surface area contributed by atoms with Gasteiger partial charge in [0, 0.05) is 18.3 Å². The molecule has 0 atom stereocenters. The molecule has 3 aromatic rings. The average molecular weight is 400 g/mol. The van der Waals surface area contributed by atoms with Gasteiger partial charge in [0.2, 0.25) is 6.17 Å². The highest BCUT2D eigenvalue weighted by Gasteiger charge is 2.27. The number of amides is 1. The van der Waals surface area contributed by atoms with Crippen molar-refractivity contribution in [3.8, 4) is 0 Å². The summed E-state index contributed by atoms with van der Waals surface area (Å²) < 4.78 is 4.73. The van der Waals surface area contributed by atoms with Crippen molar-refractivity contribution in [1.82, 2.24) is 34.4 Å². The summed E-state index contributed by atoms with van der Waals surface area (Å²) >= 11 is 0. The van der Waals surface area contributed by atoms with Gasteiger partial charge in [0.05, 0.1) is 17.9 Å². The number of nitrogens with zero attached hydrogens (tertiary/aromatic N) is 7. The van der Waals surface area contributed by atoms with Crippen molar-refractivity contribution in [2.45, 2.75) is 47.3 Å². The number of nitro groups is 1. The molecule has 0 aliphatic rings. The molecule has 0 spiro atoms. The number of aromatic nitrogens is 6. The van der Waals surface area contributed by atoms with Gasteiger partial charge in [-0.2, -0.15) is 10.2 Å². The standard InChI is InChI=1S/C18H24N8O3/c1-11-8-13(3)24(21-11)18(25-14(4)9-12(2)22-25)17(27)19-6-7-23-15(5)20-10-16(23)26(28)29/h8-10,18H,6-7H2,1-5H3,(H,19,27). The summed E-state index contributed by atoms with van der Waals surface area (Å²) in [6.07, 6.45) is 0.419. The second-order valence-corrected chi connectivity index (χ2v) is 6.98. The van der Waals surface area contributed by atoms with Crippen molar-refractivity contribution >= 4 is 11.7 Å². The number of rotatable bonds is 7. The summed E-state index contributed by atoms with van der Waals surface area (Å²) in [7, 11) is 0. The van der Waals surface area contributed by atoms with Crippen molar-refractivity contribution in [2.24, 2.45) is 0 Å². The highest BCUT2D eigenvalue weighted by atomic mass is 16.6. The number of aryl methyl sites for hydroxylation is 5. The van der Waals surface area contributed by atoms with Crippen LogP contribution in [0.5, 0.6) is 0 Å². The first kappa shape index (κ1) is 20.2. The summed E-state index contributed by atoms with van der Waals surface area (Å²) in [5.41, 5.74) is 3.26. The average Bonchev–Trinajstić information content (AvgIpc) is 3.26. The molecule has 29 heavy (non-hydrogen) atoms. The molecule has 3 heterocycles. The molecule has 11 heteroatoms. The first-order valence-corrected chi connectivity index (χ1v) is 9.18. The largest absolute Gasteiger partial charge is 0.358 e. The van der Waals surface area contributed by atoms with E-state index in [-0.39, 0.29) is 24.8 Å². The summed E-state index contributed by atoms with van der Waals surface area (Å²) in [5, 5.41) is 22.9. The molecule has 0 saturated carbocycles. The Morgan fingerprint density at radius 2 is 1.66 bits per heavy atom. The van der Waals surface area contributed by atoms with Crippen LogP contribution in [0.4, 0.5) is 5.82 Å². The zero-order chi connectivity index (χ0) is 21.3. The van der Waals surface area contributed by atoms with E-state index in [0.29, 0.717) is 5.82 Å². The van der Waals surface area contributed by atoms with Gasteiger partial charge in [-0.1, -0.05) is 0 Å². The molecule has 3 rings (SSSR count). The molecule has 3 aromatic heterocycles. The molecular weight excluding hydrogens is 376 g/mol. The van der Waals surface area contributed by atoms with Crippen molar-refractivity contribution in [1.29, 1.82) is 0 Å². The van der Waals surface area contributed by atoms with Crippen molar-refractivity contribution in [3.05, 3.63) is 57.0 Å². The Morgan fingerprint density at radius 1 is 1.10 bits per heavy atom. The second-order valence-electron chi connectivity index (χ2n) is 6.98. The predicted molar refractivity (Wildman–Crippen MR) is 104 cm³/mol. The third kappa shape index (κ3) is 4.03. The molecule has 0 saturated heterocycles. The Kier molecular flexibility index (Phi) is 5.48. The quantitative estimate of drug-likeness (QED) is 0.474. The van der Waals surface area contributed by atoms with Gasteiger partial charge in [-0.25, -0.2) is 18.9 Å². The van der Waals surface area contributed by atoms with E-state index >= 15 is 0 Å². The van der Waals surface area contributed by atoms with E-state index < -0.39 is 11.1 Å². The number of hydrogen-bond donors (Lipinski definition) is 1. The van der Waals surface area contributed by atoms with Crippen LogP contribution in [-0.2, 0) is 11.3 Å². The lowest BCUT2D eigenvalue weighted by Gasteiger charge is -2.20. The minimum atomic E-state index is -0.795. The van der Waals surface area contributed by atoms with E-state index in [0.717, 1.165) is 22.8 Å². The van der Waals surface area contributed by atoms with E-state index in [1.165, 1.54) is 10.8 Å².